The molecule has 0 saturated heterocycles. The smallest absolute Gasteiger partial charge is 0.334 e. The zero-order chi connectivity index (χ0) is 7.56. The lowest BCUT2D eigenvalue weighted by Gasteiger charge is -2.08. The summed E-state index contributed by atoms with van der Waals surface area (Å²) in [4.78, 5) is 14.6. The second-order valence-electron chi connectivity index (χ2n) is 2.06. The first-order valence-corrected chi connectivity index (χ1v) is 3.00. The highest BCUT2D eigenvalue weighted by Gasteiger charge is 2.29. The summed E-state index contributed by atoms with van der Waals surface area (Å²) in [6.07, 6.45) is 1.10. The average molecular weight is 143 g/mol. The zero-order valence-corrected chi connectivity index (χ0v) is 5.90. The van der Waals surface area contributed by atoms with Crippen LogP contribution in [0.3, 0.4) is 0 Å². The number of rotatable bonds is 1. The Balaban J connectivity index is 2.55. The fourth-order valence-electron chi connectivity index (χ4n) is 0.766. The van der Waals surface area contributed by atoms with E-state index in [4.69, 9.17) is 4.74 Å². The molecule has 0 aromatic rings. The quantitative estimate of drug-likeness (QED) is 0.484. The van der Waals surface area contributed by atoms with Crippen LogP contribution in [0.15, 0.2) is 4.99 Å². The molecule has 0 aliphatic carbocycles. The number of nitrogens with zero attached hydrogens (tertiary/aromatic N) is 1. The molecule has 0 fully saturated rings. The van der Waals surface area contributed by atoms with Crippen LogP contribution in [0.1, 0.15) is 6.92 Å². The largest absolute Gasteiger partial charge is 0.478 e. The van der Waals surface area contributed by atoms with Crippen LogP contribution in [0, 0.1) is 0 Å². The van der Waals surface area contributed by atoms with Crippen molar-refractivity contribution in [2.24, 2.45) is 4.99 Å². The molecule has 0 saturated carbocycles. The van der Waals surface area contributed by atoms with E-state index in [1.54, 1.807) is 6.92 Å². The first-order chi connectivity index (χ1) is 4.75. The second kappa shape index (κ2) is 2.68. The van der Waals surface area contributed by atoms with Gasteiger partial charge in [-0.15, -0.1) is 0 Å². The van der Waals surface area contributed by atoms with Crippen molar-refractivity contribution in [3.05, 3.63) is 0 Å². The van der Waals surface area contributed by atoms with Crippen LogP contribution in [0.5, 0.6) is 0 Å². The van der Waals surface area contributed by atoms with Crippen molar-refractivity contribution in [3.63, 3.8) is 0 Å². The van der Waals surface area contributed by atoms with E-state index in [1.807, 2.05) is 0 Å². The van der Waals surface area contributed by atoms with Crippen molar-refractivity contribution in [2.75, 3.05) is 7.11 Å². The molecule has 0 bridgehead atoms. The summed E-state index contributed by atoms with van der Waals surface area (Å²) in [5.41, 5.74) is 0. The SMILES string of the molecule is COC(=O)[C@@H]1N=CO[C@@H]1C. The van der Waals surface area contributed by atoms with Crippen LogP contribution < -0.4 is 0 Å². The Hall–Kier alpha value is -1.06. The van der Waals surface area contributed by atoms with E-state index in [9.17, 15) is 4.79 Å². The molecule has 2 atom stereocenters. The maximum atomic E-state index is 10.8. The van der Waals surface area contributed by atoms with E-state index >= 15 is 0 Å². The highest BCUT2D eigenvalue weighted by atomic mass is 16.5. The van der Waals surface area contributed by atoms with Gasteiger partial charge >= 0.3 is 5.97 Å². The topological polar surface area (TPSA) is 47.9 Å². The highest BCUT2D eigenvalue weighted by Crippen LogP contribution is 2.09. The number of methoxy groups -OCH3 is 1. The van der Waals surface area contributed by atoms with Crippen LogP contribution in [-0.2, 0) is 14.3 Å². The van der Waals surface area contributed by atoms with Gasteiger partial charge in [0.15, 0.2) is 12.4 Å². The lowest BCUT2D eigenvalue weighted by atomic mass is 10.2. The van der Waals surface area contributed by atoms with Crippen LogP contribution >= 0.6 is 0 Å². The van der Waals surface area contributed by atoms with Crippen molar-refractivity contribution in [1.82, 2.24) is 0 Å². The predicted octanol–water partition coefficient (Wildman–Crippen LogP) is -0.0250. The number of carbonyl (C=O) groups is 1. The van der Waals surface area contributed by atoms with Gasteiger partial charge in [-0.05, 0) is 6.92 Å². The van der Waals surface area contributed by atoms with Crippen molar-refractivity contribution in [2.45, 2.75) is 19.1 Å². The third-order valence-electron chi connectivity index (χ3n) is 1.38. The third kappa shape index (κ3) is 1.10. The average Bonchev–Trinajstić information content (AvgIpc) is 2.34. The first kappa shape index (κ1) is 7.05. The van der Waals surface area contributed by atoms with E-state index in [-0.39, 0.29) is 12.1 Å². The molecule has 10 heavy (non-hydrogen) atoms. The number of esters is 1. The molecule has 0 spiro atoms. The lowest BCUT2D eigenvalue weighted by molar-refractivity contribution is -0.143. The Bertz CT molecular complexity index is 166. The molecule has 4 heteroatoms. The molecule has 56 valence electrons. The fraction of sp³-hybridized carbons (Fsp3) is 0.667. The first-order valence-electron chi connectivity index (χ1n) is 3.00. The maximum absolute atomic E-state index is 10.8. The monoisotopic (exact) mass is 143 g/mol. The predicted molar refractivity (Wildman–Crippen MR) is 34.8 cm³/mol. The molecule has 0 radical (unpaired) electrons. The van der Waals surface area contributed by atoms with Gasteiger partial charge in [0, 0.05) is 0 Å². The Kier molecular flexibility index (Phi) is 1.89. The van der Waals surface area contributed by atoms with Crippen LogP contribution in [0.4, 0.5) is 0 Å². The summed E-state index contributed by atoms with van der Waals surface area (Å²) in [5, 5.41) is 0. The Morgan fingerprint density at radius 1 is 1.80 bits per heavy atom. The van der Waals surface area contributed by atoms with E-state index in [0.29, 0.717) is 0 Å². The number of ether oxygens (including phenoxy) is 2. The highest BCUT2D eigenvalue weighted by molar-refractivity contribution is 5.79. The molecule has 0 N–H and O–H groups in total. The third-order valence-corrected chi connectivity index (χ3v) is 1.38. The van der Waals surface area contributed by atoms with Gasteiger partial charge in [-0.2, -0.15) is 0 Å². The summed E-state index contributed by atoms with van der Waals surface area (Å²) in [6, 6.07) is -0.468. The van der Waals surface area contributed by atoms with Crippen molar-refractivity contribution < 1.29 is 14.3 Å². The summed E-state index contributed by atoms with van der Waals surface area (Å²) >= 11 is 0. The zero-order valence-electron chi connectivity index (χ0n) is 5.90. The van der Waals surface area contributed by atoms with Crippen LogP contribution in [-0.4, -0.2) is 31.6 Å². The molecule has 0 aromatic heterocycles. The van der Waals surface area contributed by atoms with Crippen molar-refractivity contribution in [1.29, 1.82) is 0 Å². The lowest BCUT2D eigenvalue weighted by Crippen LogP contribution is -2.28. The molecule has 1 heterocycles. The van der Waals surface area contributed by atoms with Gasteiger partial charge in [-0.3, -0.25) is 0 Å². The molecule has 4 nitrogen and oxygen atoms in total. The van der Waals surface area contributed by atoms with E-state index in [2.05, 4.69) is 9.73 Å². The van der Waals surface area contributed by atoms with Crippen LogP contribution in [0.2, 0.25) is 0 Å². The van der Waals surface area contributed by atoms with Gasteiger partial charge in [0.05, 0.1) is 7.11 Å². The summed E-state index contributed by atoms with van der Waals surface area (Å²) < 4.78 is 9.37. The molecule has 1 aliphatic heterocycles. The summed E-state index contributed by atoms with van der Waals surface area (Å²) in [6.45, 7) is 1.77. The molecule has 1 aliphatic rings. The van der Waals surface area contributed by atoms with Gasteiger partial charge in [0.2, 0.25) is 0 Å². The van der Waals surface area contributed by atoms with Crippen molar-refractivity contribution in [3.8, 4) is 0 Å². The minimum atomic E-state index is -0.468. The molecule has 0 aromatic carbocycles. The van der Waals surface area contributed by atoms with E-state index < -0.39 is 6.04 Å². The van der Waals surface area contributed by atoms with Crippen LogP contribution in [0.25, 0.3) is 0 Å². The van der Waals surface area contributed by atoms with Crippen molar-refractivity contribution >= 4 is 12.4 Å². The summed E-state index contributed by atoms with van der Waals surface area (Å²) in [5.74, 6) is -0.346. The van der Waals surface area contributed by atoms with E-state index in [0.717, 1.165) is 0 Å². The number of hydrogen-bond donors (Lipinski definition) is 0. The Labute approximate surface area is 58.8 Å². The molecular formula is C6H9NO3. The molecule has 0 amide bonds. The van der Waals surface area contributed by atoms with Gasteiger partial charge in [-0.1, -0.05) is 0 Å². The van der Waals surface area contributed by atoms with Gasteiger partial charge < -0.3 is 9.47 Å². The molecular weight excluding hydrogens is 134 g/mol. The normalized spacial score (nSPS) is 29.8. The number of carbonyl (C=O) groups excluding carboxylic acids is 1. The Morgan fingerprint density at radius 3 is 2.90 bits per heavy atom. The molecule has 0 unspecified atom stereocenters. The standard InChI is InChI=1S/C6H9NO3/c1-4-5(6(8)9-2)7-3-10-4/h3-5H,1-2H3/t4-,5-/m1/s1. The van der Waals surface area contributed by atoms with E-state index in [1.165, 1.54) is 13.5 Å². The summed E-state index contributed by atoms with van der Waals surface area (Å²) in [7, 11) is 1.34. The minimum absolute atomic E-state index is 0.188. The van der Waals surface area contributed by atoms with Gasteiger partial charge in [0.25, 0.3) is 0 Å². The van der Waals surface area contributed by atoms with Gasteiger partial charge in [0.1, 0.15) is 6.10 Å². The number of hydrogen-bond acceptors (Lipinski definition) is 4. The minimum Gasteiger partial charge on any atom is -0.478 e. The maximum Gasteiger partial charge on any atom is 0.334 e. The fourth-order valence-corrected chi connectivity index (χ4v) is 0.766. The second-order valence-corrected chi connectivity index (χ2v) is 2.06. The van der Waals surface area contributed by atoms with Gasteiger partial charge in [-0.25, -0.2) is 9.79 Å². The number of aliphatic imine (C=N–C) groups is 1. The Morgan fingerprint density at radius 2 is 2.50 bits per heavy atom. The molecule has 1 rings (SSSR count).